The number of thioether (sulfide) groups is 1. The van der Waals surface area contributed by atoms with Crippen LogP contribution in [0.2, 0.25) is 0 Å². The minimum atomic E-state index is -0.521. The number of nitrogens with two attached hydrogens (primary N) is 1. The second kappa shape index (κ2) is 15.6. The molecule has 3 aromatic rings. The number of amides is 1. The molecule has 0 bridgehead atoms. The molecule has 4 rings (SSSR count). The Morgan fingerprint density at radius 3 is 2.90 bits per heavy atom. The number of nitrogens with one attached hydrogen (secondary N) is 2. The Balaban J connectivity index is 1.56. The summed E-state index contributed by atoms with van der Waals surface area (Å²) in [5.41, 5.74) is 9.63. The number of anilines is 3. The molecule has 2 aromatic heterocycles. The number of benzene rings is 1. The van der Waals surface area contributed by atoms with E-state index in [9.17, 15) is 4.79 Å². The number of aromatic nitrogens is 3. The van der Waals surface area contributed by atoms with Gasteiger partial charge in [0, 0.05) is 36.3 Å². The lowest BCUT2D eigenvalue weighted by molar-refractivity contribution is 0.122. The van der Waals surface area contributed by atoms with Crippen molar-refractivity contribution in [3.05, 3.63) is 65.3 Å². The first kappa shape index (κ1) is 29.8. The third-order valence-corrected chi connectivity index (χ3v) is 8.45. The van der Waals surface area contributed by atoms with E-state index in [2.05, 4.69) is 51.4 Å². The first-order valence-electron chi connectivity index (χ1n) is 13.5. The molecule has 1 amide bonds. The number of ether oxygens (including phenoxy) is 2. The van der Waals surface area contributed by atoms with Crippen LogP contribution in [0.25, 0.3) is 0 Å². The minimum Gasteiger partial charge on any atom is -0.445 e. The molecule has 1 aliphatic heterocycles. The normalized spacial score (nSPS) is 14.0. The van der Waals surface area contributed by atoms with Crippen LogP contribution < -0.4 is 21.3 Å². The van der Waals surface area contributed by atoms with Crippen LogP contribution >= 0.6 is 23.1 Å². The van der Waals surface area contributed by atoms with Crippen molar-refractivity contribution in [3.8, 4) is 0 Å². The van der Waals surface area contributed by atoms with Gasteiger partial charge in [-0.2, -0.15) is 0 Å². The third-order valence-electron chi connectivity index (χ3n) is 6.22. The van der Waals surface area contributed by atoms with Crippen LogP contribution in [0, 0.1) is 0 Å². The van der Waals surface area contributed by atoms with Gasteiger partial charge >= 0.3 is 6.09 Å². The number of hydrogen-bond donors (Lipinski definition) is 3. The van der Waals surface area contributed by atoms with Crippen LogP contribution in [0.4, 0.5) is 22.0 Å². The van der Waals surface area contributed by atoms with Crippen LogP contribution in [0.3, 0.4) is 0 Å². The Hall–Kier alpha value is -3.19. The highest BCUT2D eigenvalue weighted by molar-refractivity contribution is 8.00. The molecule has 3 heterocycles. The third kappa shape index (κ3) is 8.91. The van der Waals surface area contributed by atoms with Crippen LogP contribution in [0.15, 0.2) is 53.4 Å². The van der Waals surface area contributed by atoms with Gasteiger partial charge in [0.2, 0.25) is 0 Å². The largest absolute Gasteiger partial charge is 0.445 e. The van der Waals surface area contributed by atoms with Gasteiger partial charge in [0.15, 0.2) is 4.34 Å². The zero-order valence-corrected chi connectivity index (χ0v) is 24.4. The summed E-state index contributed by atoms with van der Waals surface area (Å²) in [6.45, 7) is 9.45. The van der Waals surface area contributed by atoms with Gasteiger partial charge < -0.3 is 25.4 Å². The van der Waals surface area contributed by atoms with Gasteiger partial charge in [-0.15, -0.1) is 10.2 Å². The van der Waals surface area contributed by atoms with Gasteiger partial charge in [-0.1, -0.05) is 54.8 Å². The van der Waals surface area contributed by atoms with Crippen molar-refractivity contribution in [1.29, 1.82) is 0 Å². The SMILES string of the molecule is C=CCOC(=O)Nc1cccc(C(CCCN)Nc2cc(N3CCOCC3)cc(CSc3nnc(CC)s3)n2)c1. The quantitative estimate of drug-likeness (QED) is 0.171. The maximum Gasteiger partial charge on any atom is 0.411 e. The number of hydrogen-bond acceptors (Lipinski definition) is 11. The average Bonchev–Trinajstić information content (AvgIpc) is 3.46. The van der Waals surface area contributed by atoms with Crippen molar-refractivity contribution >= 4 is 46.4 Å². The van der Waals surface area contributed by atoms with Gasteiger partial charge in [0.05, 0.1) is 24.9 Å². The van der Waals surface area contributed by atoms with Gasteiger partial charge in [-0.05, 0) is 49.6 Å². The summed E-state index contributed by atoms with van der Waals surface area (Å²) in [4.78, 5) is 19.4. The first-order valence-corrected chi connectivity index (χ1v) is 15.3. The molecule has 10 nitrogen and oxygen atoms in total. The van der Waals surface area contributed by atoms with Crippen molar-refractivity contribution in [1.82, 2.24) is 15.2 Å². The molecule has 0 aliphatic carbocycles. The monoisotopic (exact) mass is 583 g/mol. The highest BCUT2D eigenvalue weighted by Crippen LogP contribution is 2.31. The van der Waals surface area contributed by atoms with E-state index in [0.717, 1.165) is 64.5 Å². The Morgan fingerprint density at radius 1 is 1.30 bits per heavy atom. The molecule has 4 N–H and O–H groups in total. The zero-order chi connectivity index (χ0) is 28.2. The maximum absolute atomic E-state index is 12.1. The Morgan fingerprint density at radius 2 is 2.15 bits per heavy atom. The van der Waals surface area contributed by atoms with Crippen LogP contribution in [-0.4, -0.2) is 60.7 Å². The second-order valence-corrected chi connectivity index (χ2v) is 11.5. The average molecular weight is 584 g/mol. The van der Waals surface area contributed by atoms with Gasteiger partial charge in [-0.25, -0.2) is 9.78 Å². The molecule has 1 saturated heterocycles. The van der Waals surface area contributed by atoms with E-state index in [1.165, 1.54) is 6.08 Å². The number of carbonyl (C=O) groups excluding carboxylic acids is 1. The number of morpholine rings is 1. The predicted octanol–water partition coefficient (Wildman–Crippen LogP) is 5.25. The van der Waals surface area contributed by atoms with Crippen molar-refractivity contribution in [2.75, 3.05) is 55.0 Å². The van der Waals surface area contributed by atoms with E-state index in [1.54, 1.807) is 23.1 Å². The summed E-state index contributed by atoms with van der Waals surface area (Å²) in [6, 6.07) is 11.9. The number of nitrogens with zero attached hydrogens (tertiary/aromatic N) is 4. The molecule has 0 spiro atoms. The molecule has 12 heteroatoms. The van der Waals surface area contributed by atoms with Crippen LogP contribution in [0.5, 0.6) is 0 Å². The summed E-state index contributed by atoms with van der Waals surface area (Å²) in [7, 11) is 0. The molecule has 1 fully saturated rings. The Kier molecular flexibility index (Phi) is 11.6. The second-order valence-electron chi connectivity index (χ2n) is 9.17. The van der Waals surface area contributed by atoms with Gasteiger partial charge in [0.25, 0.3) is 0 Å². The summed E-state index contributed by atoms with van der Waals surface area (Å²) in [5, 5.41) is 16.0. The molecule has 214 valence electrons. The molecular weight excluding hydrogens is 546 g/mol. The lowest BCUT2D eigenvalue weighted by atomic mass is 10.0. The summed E-state index contributed by atoms with van der Waals surface area (Å²) in [5.74, 6) is 1.47. The number of carbonyl (C=O) groups is 1. The lowest BCUT2D eigenvalue weighted by Crippen LogP contribution is -2.36. The summed E-state index contributed by atoms with van der Waals surface area (Å²) in [6.07, 6.45) is 3.53. The topological polar surface area (TPSA) is 128 Å². The number of pyridine rings is 1. The number of aryl methyl sites for hydroxylation is 1. The minimum absolute atomic E-state index is 0.0577. The van der Waals surface area contributed by atoms with E-state index < -0.39 is 6.09 Å². The van der Waals surface area contributed by atoms with Crippen LogP contribution in [0.1, 0.15) is 42.1 Å². The highest BCUT2D eigenvalue weighted by atomic mass is 32.2. The Labute approximate surface area is 243 Å². The zero-order valence-electron chi connectivity index (χ0n) is 22.8. The predicted molar refractivity (Wildman–Crippen MR) is 162 cm³/mol. The van der Waals surface area contributed by atoms with E-state index in [4.69, 9.17) is 20.2 Å². The fourth-order valence-electron chi connectivity index (χ4n) is 4.24. The molecule has 1 aliphatic rings. The Bertz CT molecular complexity index is 1250. The van der Waals surface area contributed by atoms with Crippen molar-refractivity contribution in [2.45, 2.75) is 42.3 Å². The van der Waals surface area contributed by atoms with Crippen LogP contribution in [-0.2, 0) is 21.6 Å². The molecule has 1 unspecified atom stereocenters. The van der Waals surface area contributed by atoms with Crippen molar-refractivity contribution in [3.63, 3.8) is 0 Å². The lowest BCUT2D eigenvalue weighted by Gasteiger charge is -2.30. The van der Waals surface area contributed by atoms with Crippen molar-refractivity contribution in [2.24, 2.45) is 5.73 Å². The number of rotatable bonds is 14. The molecule has 1 atom stereocenters. The van der Waals surface area contributed by atoms with Crippen molar-refractivity contribution < 1.29 is 14.3 Å². The molecule has 1 aromatic carbocycles. The smallest absolute Gasteiger partial charge is 0.411 e. The first-order chi connectivity index (χ1) is 19.6. The molecule has 0 radical (unpaired) electrons. The van der Waals surface area contributed by atoms with Gasteiger partial charge in [-0.3, -0.25) is 5.32 Å². The fraction of sp³-hybridized carbons (Fsp3) is 0.429. The molecule has 0 saturated carbocycles. The highest BCUT2D eigenvalue weighted by Gasteiger charge is 2.18. The maximum atomic E-state index is 12.1. The van der Waals surface area contributed by atoms with E-state index in [0.29, 0.717) is 31.2 Å². The summed E-state index contributed by atoms with van der Waals surface area (Å²) < 4.78 is 11.6. The fourth-order valence-corrected chi connectivity index (χ4v) is 5.97. The van der Waals surface area contributed by atoms with E-state index in [-0.39, 0.29) is 12.6 Å². The van der Waals surface area contributed by atoms with E-state index >= 15 is 0 Å². The molecular formula is C28H37N7O3S2. The summed E-state index contributed by atoms with van der Waals surface area (Å²) >= 11 is 3.28. The molecule has 40 heavy (non-hydrogen) atoms. The van der Waals surface area contributed by atoms with Gasteiger partial charge in [0.1, 0.15) is 17.4 Å². The standard InChI is InChI=1S/C28H37N7O3S2/c1-3-13-38-27(36)31-21-8-5-7-20(16-21)24(9-6-10-29)32-25-18-23(35-11-14-37-15-12-35)17-22(30-25)19-39-28-34-33-26(4-2)40-28/h3,5,7-8,16-18,24H,1,4,6,9-15,19,29H2,2H3,(H,30,32)(H,31,36). The van der Waals surface area contributed by atoms with E-state index in [1.807, 2.05) is 24.3 Å².